The molecule has 1 N–H and O–H groups in total. The Bertz CT molecular complexity index is 378. The van der Waals surface area contributed by atoms with Crippen LogP contribution in [0.3, 0.4) is 0 Å². The lowest BCUT2D eigenvalue weighted by atomic mass is 10.00. The smallest absolute Gasteiger partial charge is 0.0534 e. The molecule has 4 nitrogen and oxygen atoms in total. The first-order valence-electron chi connectivity index (χ1n) is 7.12. The van der Waals surface area contributed by atoms with Crippen LogP contribution >= 0.6 is 0 Å². The Morgan fingerprint density at radius 2 is 2.00 bits per heavy atom. The second-order valence-corrected chi connectivity index (χ2v) is 6.79. The van der Waals surface area contributed by atoms with Gasteiger partial charge in [-0.2, -0.15) is 5.10 Å². The molecule has 0 bridgehead atoms. The van der Waals surface area contributed by atoms with Gasteiger partial charge in [0.25, 0.3) is 0 Å². The molecule has 0 aromatic carbocycles. The molecule has 0 spiro atoms. The summed E-state index contributed by atoms with van der Waals surface area (Å²) in [4.78, 5) is 2.39. The number of rotatable bonds is 6. The lowest BCUT2D eigenvalue weighted by Crippen LogP contribution is -2.44. The molecule has 0 saturated heterocycles. The minimum atomic E-state index is 0.190. The van der Waals surface area contributed by atoms with Gasteiger partial charge in [-0.05, 0) is 47.2 Å². The Morgan fingerprint density at radius 3 is 2.47 bits per heavy atom. The summed E-state index contributed by atoms with van der Waals surface area (Å²) in [5.41, 5.74) is 1.46. The minimum absolute atomic E-state index is 0.190. The molecular formula is C15H30N4. The van der Waals surface area contributed by atoms with Crippen molar-refractivity contribution in [2.45, 2.75) is 52.7 Å². The van der Waals surface area contributed by atoms with E-state index >= 15 is 0 Å². The largest absolute Gasteiger partial charge is 0.312 e. The van der Waals surface area contributed by atoms with Crippen LogP contribution in [-0.4, -0.2) is 39.9 Å². The van der Waals surface area contributed by atoms with Gasteiger partial charge < -0.3 is 5.32 Å². The monoisotopic (exact) mass is 266 g/mol. The first kappa shape index (κ1) is 16.2. The number of hydrogen-bond donors (Lipinski definition) is 1. The van der Waals surface area contributed by atoms with Gasteiger partial charge in [0.15, 0.2) is 0 Å². The third-order valence-electron chi connectivity index (χ3n) is 3.66. The number of aromatic nitrogens is 2. The van der Waals surface area contributed by atoms with Crippen molar-refractivity contribution in [2.24, 2.45) is 13.0 Å². The molecule has 2 atom stereocenters. The summed E-state index contributed by atoms with van der Waals surface area (Å²) in [6, 6.07) is 0.537. The molecule has 0 aliphatic rings. The fourth-order valence-corrected chi connectivity index (χ4v) is 2.06. The van der Waals surface area contributed by atoms with Crippen molar-refractivity contribution in [1.82, 2.24) is 20.0 Å². The lowest BCUT2D eigenvalue weighted by molar-refractivity contribution is 0.182. The second kappa shape index (κ2) is 6.53. The molecule has 1 aromatic rings. The molecule has 0 aliphatic heterocycles. The maximum Gasteiger partial charge on any atom is 0.0534 e. The zero-order valence-electron chi connectivity index (χ0n) is 13.6. The van der Waals surface area contributed by atoms with Crippen molar-refractivity contribution < 1.29 is 0 Å². The minimum Gasteiger partial charge on any atom is -0.312 e. The Morgan fingerprint density at radius 1 is 1.37 bits per heavy atom. The molecule has 0 aliphatic carbocycles. The molecule has 1 rings (SSSR count). The molecule has 0 radical (unpaired) electrons. The highest BCUT2D eigenvalue weighted by Gasteiger charge is 2.19. The highest BCUT2D eigenvalue weighted by molar-refractivity contribution is 5.03. The van der Waals surface area contributed by atoms with E-state index in [9.17, 15) is 0 Å². The first-order chi connectivity index (χ1) is 8.69. The topological polar surface area (TPSA) is 33.1 Å². The van der Waals surface area contributed by atoms with Gasteiger partial charge in [-0.25, -0.2) is 0 Å². The van der Waals surface area contributed by atoms with Gasteiger partial charge in [0.2, 0.25) is 0 Å². The second-order valence-electron chi connectivity index (χ2n) is 6.79. The Hall–Kier alpha value is -0.870. The summed E-state index contributed by atoms with van der Waals surface area (Å²) in [6.07, 6.45) is 4.03. The first-order valence-corrected chi connectivity index (χ1v) is 7.12. The van der Waals surface area contributed by atoms with E-state index in [1.165, 1.54) is 5.56 Å². The van der Waals surface area contributed by atoms with Gasteiger partial charge in [-0.15, -0.1) is 0 Å². The number of nitrogens with zero attached hydrogens (tertiary/aromatic N) is 3. The van der Waals surface area contributed by atoms with E-state index in [-0.39, 0.29) is 5.54 Å². The lowest BCUT2D eigenvalue weighted by Gasteiger charge is -2.32. The van der Waals surface area contributed by atoms with Crippen LogP contribution < -0.4 is 5.32 Å². The Kier molecular flexibility index (Phi) is 5.56. The van der Waals surface area contributed by atoms with Crippen LogP contribution in [0.25, 0.3) is 0 Å². The molecule has 19 heavy (non-hydrogen) atoms. The normalized spacial score (nSPS) is 15.8. The summed E-state index contributed by atoms with van der Waals surface area (Å²) in [5, 5.41) is 7.80. The van der Waals surface area contributed by atoms with Crippen molar-refractivity contribution in [1.29, 1.82) is 0 Å². The summed E-state index contributed by atoms with van der Waals surface area (Å²) in [6.45, 7) is 13.2. The maximum absolute atomic E-state index is 4.22. The van der Waals surface area contributed by atoms with Crippen molar-refractivity contribution in [2.75, 3.05) is 13.6 Å². The van der Waals surface area contributed by atoms with E-state index in [4.69, 9.17) is 0 Å². The fraction of sp³-hybridized carbons (Fsp3) is 0.800. The predicted molar refractivity (Wildman–Crippen MR) is 81.1 cm³/mol. The highest BCUT2D eigenvalue weighted by Crippen LogP contribution is 2.13. The van der Waals surface area contributed by atoms with Crippen LogP contribution in [0, 0.1) is 5.92 Å². The van der Waals surface area contributed by atoms with E-state index in [2.05, 4.69) is 63.2 Å². The fourth-order valence-electron chi connectivity index (χ4n) is 2.06. The highest BCUT2D eigenvalue weighted by atomic mass is 15.2. The van der Waals surface area contributed by atoms with Gasteiger partial charge in [0.1, 0.15) is 0 Å². The average molecular weight is 266 g/mol. The molecule has 1 aromatic heterocycles. The maximum atomic E-state index is 4.22. The van der Waals surface area contributed by atoms with Crippen LogP contribution in [0.15, 0.2) is 12.4 Å². The van der Waals surface area contributed by atoms with Crippen LogP contribution in [0.2, 0.25) is 0 Å². The van der Waals surface area contributed by atoms with Crippen LogP contribution in [0.1, 0.15) is 40.2 Å². The molecule has 0 amide bonds. The SMILES string of the molecule is CC(CNC(C)(C)C)C(C)N(C)Cc1cnn(C)c1. The molecule has 110 valence electrons. The van der Waals surface area contributed by atoms with E-state index in [0.29, 0.717) is 12.0 Å². The molecule has 0 fully saturated rings. The number of aryl methyl sites for hydroxylation is 1. The zero-order valence-corrected chi connectivity index (χ0v) is 13.6. The van der Waals surface area contributed by atoms with Crippen LogP contribution in [0.5, 0.6) is 0 Å². The van der Waals surface area contributed by atoms with Gasteiger partial charge in [-0.3, -0.25) is 9.58 Å². The average Bonchev–Trinajstić information content (AvgIpc) is 2.69. The zero-order chi connectivity index (χ0) is 14.6. The van der Waals surface area contributed by atoms with Crippen LogP contribution in [0.4, 0.5) is 0 Å². The summed E-state index contributed by atoms with van der Waals surface area (Å²) in [5.74, 6) is 0.612. The van der Waals surface area contributed by atoms with E-state index in [0.717, 1.165) is 13.1 Å². The molecule has 0 saturated carbocycles. The van der Waals surface area contributed by atoms with Gasteiger partial charge in [0, 0.05) is 36.9 Å². The molecule has 1 heterocycles. The van der Waals surface area contributed by atoms with Gasteiger partial charge >= 0.3 is 0 Å². The third kappa shape index (κ3) is 5.74. The standard InChI is InChI=1S/C15H30N4/c1-12(8-16-15(3,4)5)13(2)18(6)10-14-9-17-19(7)11-14/h9,11-13,16H,8,10H2,1-7H3. The quantitative estimate of drug-likeness (QED) is 0.857. The summed E-state index contributed by atoms with van der Waals surface area (Å²) < 4.78 is 1.86. The molecular weight excluding hydrogens is 236 g/mol. The van der Waals surface area contributed by atoms with Gasteiger partial charge in [-0.1, -0.05) is 6.92 Å². The summed E-state index contributed by atoms with van der Waals surface area (Å²) >= 11 is 0. The Labute approximate surface area is 118 Å². The Balaban J connectivity index is 2.44. The van der Waals surface area contributed by atoms with E-state index < -0.39 is 0 Å². The number of nitrogens with one attached hydrogen (secondary N) is 1. The molecule has 4 heteroatoms. The van der Waals surface area contributed by atoms with Crippen molar-refractivity contribution in [3.05, 3.63) is 18.0 Å². The van der Waals surface area contributed by atoms with E-state index in [1.54, 1.807) is 0 Å². The molecule has 2 unspecified atom stereocenters. The van der Waals surface area contributed by atoms with Crippen molar-refractivity contribution >= 4 is 0 Å². The van der Waals surface area contributed by atoms with Crippen LogP contribution in [-0.2, 0) is 13.6 Å². The van der Waals surface area contributed by atoms with Crippen molar-refractivity contribution in [3.8, 4) is 0 Å². The summed E-state index contributed by atoms with van der Waals surface area (Å²) in [7, 11) is 4.15. The van der Waals surface area contributed by atoms with Crippen molar-refractivity contribution in [3.63, 3.8) is 0 Å². The van der Waals surface area contributed by atoms with E-state index in [1.807, 2.05) is 17.9 Å². The van der Waals surface area contributed by atoms with Gasteiger partial charge in [0.05, 0.1) is 6.20 Å². The predicted octanol–water partition coefficient (Wildman–Crippen LogP) is 2.26. The third-order valence-corrected chi connectivity index (χ3v) is 3.66. The number of hydrogen-bond acceptors (Lipinski definition) is 3.